The molecule has 0 aliphatic heterocycles. The van der Waals surface area contributed by atoms with E-state index in [9.17, 15) is 0 Å². The highest BCUT2D eigenvalue weighted by atomic mass is 16.3. The lowest BCUT2D eigenvalue weighted by Crippen LogP contribution is -2.28. The van der Waals surface area contributed by atoms with E-state index in [0.717, 1.165) is 32.2 Å². The SMILES string of the molecule is N#CC1CC(CN)C1.N#CC1CC(CO)C1. The summed E-state index contributed by atoms with van der Waals surface area (Å²) in [5, 5.41) is 25.1. The summed E-state index contributed by atoms with van der Waals surface area (Å²) >= 11 is 0. The van der Waals surface area contributed by atoms with Crippen LogP contribution in [0.4, 0.5) is 0 Å². The lowest BCUT2D eigenvalue weighted by molar-refractivity contribution is 0.133. The Morgan fingerprint density at radius 3 is 1.75 bits per heavy atom. The third-order valence-electron chi connectivity index (χ3n) is 3.43. The topological polar surface area (TPSA) is 93.8 Å². The third kappa shape index (κ3) is 3.48. The summed E-state index contributed by atoms with van der Waals surface area (Å²) in [6.45, 7) is 1.02. The molecule has 4 nitrogen and oxygen atoms in total. The molecule has 0 aromatic rings. The minimum Gasteiger partial charge on any atom is -0.396 e. The maximum atomic E-state index is 8.49. The summed E-state index contributed by atoms with van der Waals surface area (Å²) in [7, 11) is 0. The van der Waals surface area contributed by atoms with Gasteiger partial charge < -0.3 is 10.8 Å². The Kier molecular flexibility index (Phi) is 5.25. The van der Waals surface area contributed by atoms with E-state index >= 15 is 0 Å². The highest BCUT2D eigenvalue weighted by molar-refractivity contribution is 4.94. The Morgan fingerprint density at radius 2 is 1.44 bits per heavy atom. The Morgan fingerprint density at radius 1 is 1.00 bits per heavy atom. The van der Waals surface area contributed by atoms with E-state index in [1.54, 1.807) is 0 Å². The molecule has 2 saturated carbocycles. The molecule has 2 rings (SSSR count). The van der Waals surface area contributed by atoms with E-state index in [1.807, 2.05) is 0 Å². The molecule has 16 heavy (non-hydrogen) atoms. The maximum absolute atomic E-state index is 8.49. The molecule has 0 unspecified atom stereocenters. The first-order valence-corrected chi connectivity index (χ1v) is 5.83. The minimum atomic E-state index is 0.243. The standard InChI is InChI=1S/C6H10N2.C6H9NO/c2*7-3-5-1-6(2-5)4-8/h5-6H,1-3,7H2;5-6,8H,1-2,4H2. The van der Waals surface area contributed by atoms with E-state index in [1.165, 1.54) is 0 Å². The average Bonchev–Trinajstić information content (AvgIpc) is 2.17. The van der Waals surface area contributed by atoms with Crippen LogP contribution in [0.25, 0.3) is 0 Å². The number of aliphatic hydroxyl groups is 1. The number of hydrogen-bond donors (Lipinski definition) is 2. The maximum Gasteiger partial charge on any atom is 0.0656 e. The largest absolute Gasteiger partial charge is 0.396 e. The number of aliphatic hydroxyl groups excluding tert-OH is 1. The summed E-state index contributed by atoms with van der Waals surface area (Å²) < 4.78 is 0. The fourth-order valence-electron chi connectivity index (χ4n) is 2.02. The molecule has 0 radical (unpaired) electrons. The van der Waals surface area contributed by atoms with Gasteiger partial charge in [0.15, 0.2) is 0 Å². The average molecular weight is 221 g/mol. The Bertz CT molecular complexity index is 250. The first-order valence-electron chi connectivity index (χ1n) is 5.83. The van der Waals surface area contributed by atoms with Gasteiger partial charge >= 0.3 is 0 Å². The van der Waals surface area contributed by atoms with Crippen LogP contribution in [0.2, 0.25) is 0 Å². The first kappa shape index (κ1) is 13.0. The molecule has 0 heterocycles. The van der Waals surface area contributed by atoms with Crippen molar-refractivity contribution in [1.29, 1.82) is 10.5 Å². The minimum absolute atomic E-state index is 0.243. The highest BCUT2D eigenvalue weighted by Gasteiger charge is 2.27. The molecular weight excluding hydrogens is 202 g/mol. The van der Waals surface area contributed by atoms with Crippen LogP contribution in [0.1, 0.15) is 25.7 Å². The number of nitrogens with zero attached hydrogens (tertiary/aromatic N) is 2. The van der Waals surface area contributed by atoms with Gasteiger partial charge in [0.1, 0.15) is 0 Å². The van der Waals surface area contributed by atoms with Crippen molar-refractivity contribution in [2.75, 3.05) is 13.2 Å². The molecule has 0 bridgehead atoms. The van der Waals surface area contributed by atoms with Crippen molar-refractivity contribution in [2.45, 2.75) is 25.7 Å². The van der Waals surface area contributed by atoms with Gasteiger partial charge in [-0.1, -0.05) is 0 Å². The molecule has 3 N–H and O–H groups in total. The molecule has 0 atom stereocenters. The smallest absolute Gasteiger partial charge is 0.0656 e. The molecule has 2 aliphatic carbocycles. The zero-order chi connectivity index (χ0) is 12.0. The van der Waals surface area contributed by atoms with Crippen molar-refractivity contribution < 1.29 is 5.11 Å². The van der Waals surface area contributed by atoms with Crippen LogP contribution >= 0.6 is 0 Å². The van der Waals surface area contributed by atoms with Crippen LogP contribution in [-0.2, 0) is 0 Å². The summed E-state index contributed by atoms with van der Waals surface area (Å²) in [4.78, 5) is 0. The highest BCUT2D eigenvalue weighted by Crippen LogP contribution is 2.32. The lowest BCUT2D eigenvalue weighted by Gasteiger charge is -2.28. The van der Waals surface area contributed by atoms with Crippen LogP contribution in [0.5, 0.6) is 0 Å². The van der Waals surface area contributed by atoms with Gasteiger partial charge in [0.2, 0.25) is 0 Å². The van der Waals surface area contributed by atoms with Crippen molar-refractivity contribution in [2.24, 2.45) is 29.4 Å². The molecule has 0 amide bonds. The van der Waals surface area contributed by atoms with Crippen LogP contribution in [0.15, 0.2) is 0 Å². The van der Waals surface area contributed by atoms with E-state index in [2.05, 4.69) is 12.1 Å². The van der Waals surface area contributed by atoms with Gasteiger partial charge in [-0.25, -0.2) is 0 Å². The predicted octanol–water partition coefficient (Wildman–Crippen LogP) is 1.02. The van der Waals surface area contributed by atoms with Crippen molar-refractivity contribution in [3.8, 4) is 12.1 Å². The molecular formula is C12H19N3O. The van der Waals surface area contributed by atoms with E-state index in [-0.39, 0.29) is 12.5 Å². The monoisotopic (exact) mass is 221 g/mol. The number of nitrogens with two attached hydrogens (primary N) is 1. The summed E-state index contributed by atoms with van der Waals surface area (Å²) in [6, 6.07) is 4.36. The first-order chi connectivity index (χ1) is 7.73. The lowest BCUT2D eigenvalue weighted by atomic mass is 9.76. The van der Waals surface area contributed by atoms with E-state index in [0.29, 0.717) is 17.8 Å². The summed E-state index contributed by atoms with van der Waals surface area (Å²) in [6.07, 6.45) is 3.89. The van der Waals surface area contributed by atoms with Gasteiger partial charge in [-0.15, -0.1) is 0 Å². The number of rotatable bonds is 2. The quantitative estimate of drug-likeness (QED) is 0.728. The van der Waals surface area contributed by atoms with Crippen molar-refractivity contribution in [3.05, 3.63) is 0 Å². The molecule has 0 spiro atoms. The normalized spacial score (nSPS) is 35.5. The summed E-state index contributed by atoms with van der Waals surface area (Å²) in [5.74, 6) is 1.65. The summed E-state index contributed by atoms with van der Waals surface area (Å²) in [5.41, 5.74) is 5.34. The second-order valence-corrected chi connectivity index (χ2v) is 4.75. The van der Waals surface area contributed by atoms with Gasteiger partial charge in [-0.05, 0) is 44.1 Å². The van der Waals surface area contributed by atoms with Gasteiger partial charge in [0.25, 0.3) is 0 Å². The van der Waals surface area contributed by atoms with Crippen molar-refractivity contribution >= 4 is 0 Å². The zero-order valence-corrected chi connectivity index (χ0v) is 9.47. The van der Waals surface area contributed by atoms with Crippen LogP contribution in [0, 0.1) is 46.3 Å². The molecule has 0 saturated heterocycles. The Balaban J connectivity index is 0.000000160. The zero-order valence-electron chi connectivity index (χ0n) is 9.47. The molecule has 2 fully saturated rings. The van der Waals surface area contributed by atoms with Crippen LogP contribution < -0.4 is 5.73 Å². The number of hydrogen-bond acceptors (Lipinski definition) is 4. The van der Waals surface area contributed by atoms with E-state index in [4.69, 9.17) is 21.4 Å². The molecule has 0 aromatic heterocycles. The van der Waals surface area contributed by atoms with Gasteiger partial charge in [0.05, 0.1) is 12.1 Å². The molecule has 2 aliphatic rings. The Hall–Kier alpha value is -1.10. The predicted molar refractivity (Wildman–Crippen MR) is 59.8 cm³/mol. The van der Waals surface area contributed by atoms with Crippen LogP contribution in [0.3, 0.4) is 0 Å². The van der Waals surface area contributed by atoms with Crippen LogP contribution in [-0.4, -0.2) is 18.3 Å². The molecule has 0 aromatic carbocycles. The molecule has 4 heteroatoms. The third-order valence-corrected chi connectivity index (χ3v) is 3.43. The van der Waals surface area contributed by atoms with Gasteiger partial charge in [-0.2, -0.15) is 10.5 Å². The fraction of sp³-hybridized carbons (Fsp3) is 0.833. The van der Waals surface area contributed by atoms with Crippen molar-refractivity contribution in [3.63, 3.8) is 0 Å². The fourth-order valence-corrected chi connectivity index (χ4v) is 2.02. The van der Waals surface area contributed by atoms with Gasteiger partial charge in [-0.3, -0.25) is 0 Å². The Labute approximate surface area is 96.7 Å². The second kappa shape index (κ2) is 6.48. The number of nitriles is 2. The molecule has 88 valence electrons. The van der Waals surface area contributed by atoms with E-state index < -0.39 is 0 Å². The van der Waals surface area contributed by atoms with Gasteiger partial charge in [0, 0.05) is 18.4 Å². The second-order valence-electron chi connectivity index (χ2n) is 4.75. The van der Waals surface area contributed by atoms with Crippen molar-refractivity contribution in [1.82, 2.24) is 0 Å².